The molecule has 1 aromatic carbocycles. The molecule has 74 valence electrons. The van der Waals surface area contributed by atoms with E-state index < -0.39 is 0 Å². The van der Waals surface area contributed by atoms with E-state index in [9.17, 15) is 4.39 Å². The lowest BCUT2D eigenvalue weighted by molar-refractivity contribution is 0.623. The maximum absolute atomic E-state index is 12.8. The van der Waals surface area contributed by atoms with Crippen molar-refractivity contribution in [1.82, 2.24) is 5.32 Å². The van der Waals surface area contributed by atoms with E-state index in [1.165, 1.54) is 6.07 Å². The third-order valence-corrected chi connectivity index (χ3v) is 1.93. The van der Waals surface area contributed by atoms with Gasteiger partial charge in [0, 0.05) is 13.0 Å². The lowest BCUT2D eigenvalue weighted by Gasteiger charge is -2.02. The first-order chi connectivity index (χ1) is 6.83. The molecule has 0 amide bonds. The Kier molecular flexibility index (Phi) is 4.74. The highest BCUT2D eigenvalue weighted by Crippen LogP contribution is 2.03. The zero-order valence-electron chi connectivity index (χ0n) is 8.09. The Balaban J connectivity index is 2.22. The van der Waals surface area contributed by atoms with E-state index in [2.05, 4.69) is 11.2 Å². The molecule has 2 heteroatoms. The molecule has 0 unspecified atom stereocenters. The first-order valence-corrected chi connectivity index (χ1v) is 4.71. The van der Waals surface area contributed by atoms with Crippen LogP contribution in [-0.4, -0.2) is 13.1 Å². The molecule has 14 heavy (non-hydrogen) atoms. The lowest BCUT2D eigenvalue weighted by atomic mass is 10.1. The number of halogens is 1. The number of hydrogen-bond donors (Lipinski definition) is 1. The Morgan fingerprint density at radius 3 is 2.93 bits per heavy atom. The van der Waals surface area contributed by atoms with Crippen molar-refractivity contribution in [3.05, 3.63) is 35.6 Å². The van der Waals surface area contributed by atoms with Crippen LogP contribution in [0.4, 0.5) is 4.39 Å². The fraction of sp³-hybridized carbons (Fsp3) is 0.333. The van der Waals surface area contributed by atoms with Crippen LogP contribution in [0.1, 0.15) is 12.0 Å². The predicted molar refractivity (Wildman–Crippen MR) is 56.4 cm³/mol. The highest BCUT2D eigenvalue weighted by atomic mass is 19.1. The predicted octanol–water partition coefficient (Wildman–Crippen LogP) is 1.98. The average Bonchev–Trinajstić information content (AvgIpc) is 2.18. The number of benzene rings is 1. The van der Waals surface area contributed by atoms with E-state index in [4.69, 9.17) is 6.42 Å². The number of hydrogen-bond acceptors (Lipinski definition) is 1. The van der Waals surface area contributed by atoms with Crippen molar-refractivity contribution >= 4 is 0 Å². The van der Waals surface area contributed by atoms with Crippen LogP contribution >= 0.6 is 0 Å². The molecule has 1 N–H and O–H groups in total. The third kappa shape index (κ3) is 4.06. The van der Waals surface area contributed by atoms with Crippen molar-refractivity contribution in [2.45, 2.75) is 12.8 Å². The van der Waals surface area contributed by atoms with Crippen LogP contribution < -0.4 is 5.32 Å². The summed E-state index contributed by atoms with van der Waals surface area (Å²) < 4.78 is 12.8. The second-order valence-electron chi connectivity index (χ2n) is 3.08. The largest absolute Gasteiger partial charge is 0.315 e. The molecule has 0 aromatic heterocycles. The molecule has 1 rings (SSSR count). The summed E-state index contributed by atoms with van der Waals surface area (Å²) in [4.78, 5) is 0. The molecule has 1 aromatic rings. The molecular formula is C12H14FN. The van der Waals surface area contributed by atoms with E-state index in [0.29, 0.717) is 0 Å². The van der Waals surface area contributed by atoms with Crippen LogP contribution in [0.3, 0.4) is 0 Å². The molecule has 0 spiro atoms. The summed E-state index contributed by atoms with van der Waals surface area (Å²) in [5.41, 5.74) is 1.01. The molecule has 0 radical (unpaired) electrons. The van der Waals surface area contributed by atoms with Gasteiger partial charge < -0.3 is 5.32 Å². The van der Waals surface area contributed by atoms with Crippen LogP contribution in [0.15, 0.2) is 24.3 Å². The lowest BCUT2D eigenvalue weighted by Crippen LogP contribution is -2.18. The minimum absolute atomic E-state index is 0.175. The van der Waals surface area contributed by atoms with Crippen LogP contribution in [0, 0.1) is 18.2 Å². The number of nitrogens with one attached hydrogen (secondary N) is 1. The standard InChI is InChI=1S/C12H14FN/c1-2-3-8-14-9-7-11-5-4-6-12(13)10-11/h1,4-6,10,14H,3,7-9H2. The molecule has 1 nitrogen and oxygen atoms in total. The van der Waals surface area contributed by atoms with E-state index in [0.717, 1.165) is 31.5 Å². The minimum atomic E-state index is -0.175. The van der Waals surface area contributed by atoms with Crippen LogP contribution in [0.25, 0.3) is 0 Å². The summed E-state index contributed by atoms with van der Waals surface area (Å²) in [6.07, 6.45) is 6.68. The second kappa shape index (κ2) is 6.17. The van der Waals surface area contributed by atoms with Gasteiger partial charge in [-0.3, -0.25) is 0 Å². The van der Waals surface area contributed by atoms with Crippen molar-refractivity contribution < 1.29 is 4.39 Å². The smallest absolute Gasteiger partial charge is 0.123 e. The highest BCUT2D eigenvalue weighted by Gasteiger charge is 1.94. The summed E-state index contributed by atoms with van der Waals surface area (Å²) in [6.45, 7) is 1.66. The number of terminal acetylenes is 1. The van der Waals surface area contributed by atoms with E-state index in [1.54, 1.807) is 12.1 Å². The molecule has 0 aliphatic rings. The summed E-state index contributed by atoms with van der Waals surface area (Å²) in [5, 5.41) is 3.19. The van der Waals surface area contributed by atoms with Crippen LogP contribution in [0.2, 0.25) is 0 Å². The van der Waals surface area contributed by atoms with Gasteiger partial charge in [-0.1, -0.05) is 12.1 Å². The van der Waals surface area contributed by atoms with E-state index in [1.807, 2.05) is 6.07 Å². The van der Waals surface area contributed by atoms with Crippen LogP contribution in [-0.2, 0) is 6.42 Å². The van der Waals surface area contributed by atoms with Crippen molar-refractivity contribution in [3.63, 3.8) is 0 Å². The molecule has 0 aliphatic carbocycles. The Hall–Kier alpha value is -1.33. The molecular weight excluding hydrogens is 177 g/mol. The topological polar surface area (TPSA) is 12.0 Å². The van der Waals surface area contributed by atoms with Gasteiger partial charge in [0.2, 0.25) is 0 Å². The molecule has 0 saturated carbocycles. The summed E-state index contributed by atoms with van der Waals surface area (Å²) in [6, 6.07) is 6.66. The molecule has 0 bridgehead atoms. The monoisotopic (exact) mass is 191 g/mol. The summed E-state index contributed by atoms with van der Waals surface area (Å²) in [5.74, 6) is 2.38. The van der Waals surface area contributed by atoms with Gasteiger partial charge in [0.1, 0.15) is 5.82 Å². The van der Waals surface area contributed by atoms with Gasteiger partial charge in [-0.25, -0.2) is 4.39 Å². The van der Waals surface area contributed by atoms with Gasteiger partial charge in [-0.15, -0.1) is 12.3 Å². The molecule has 0 saturated heterocycles. The Labute approximate surface area is 84.3 Å². The van der Waals surface area contributed by atoms with Gasteiger partial charge in [-0.2, -0.15) is 0 Å². The van der Waals surface area contributed by atoms with Gasteiger partial charge in [0.05, 0.1) is 0 Å². The second-order valence-corrected chi connectivity index (χ2v) is 3.08. The van der Waals surface area contributed by atoms with Crippen molar-refractivity contribution in [1.29, 1.82) is 0 Å². The Morgan fingerprint density at radius 2 is 2.21 bits per heavy atom. The zero-order chi connectivity index (χ0) is 10.2. The molecule has 0 aliphatic heterocycles. The SMILES string of the molecule is C#CCCNCCc1cccc(F)c1. The quantitative estimate of drug-likeness (QED) is 0.554. The molecule has 0 fully saturated rings. The van der Waals surface area contributed by atoms with Gasteiger partial charge in [-0.05, 0) is 30.7 Å². The van der Waals surface area contributed by atoms with Crippen molar-refractivity contribution in [2.75, 3.05) is 13.1 Å². The van der Waals surface area contributed by atoms with E-state index in [-0.39, 0.29) is 5.82 Å². The summed E-state index contributed by atoms with van der Waals surface area (Å²) >= 11 is 0. The highest BCUT2D eigenvalue weighted by molar-refractivity contribution is 5.16. The van der Waals surface area contributed by atoms with Gasteiger partial charge >= 0.3 is 0 Å². The first-order valence-electron chi connectivity index (χ1n) is 4.71. The zero-order valence-corrected chi connectivity index (χ0v) is 8.09. The normalized spacial score (nSPS) is 9.71. The van der Waals surface area contributed by atoms with Gasteiger partial charge in [0.25, 0.3) is 0 Å². The Morgan fingerprint density at radius 1 is 1.36 bits per heavy atom. The minimum Gasteiger partial charge on any atom is -0.315 e. The Bertz CT molecular complexity index is 314. The van der Waals surface area contributed by atoms with Crippen molar-refractivity contribution in [3.8, 4) is 12.3 Å². The van der Waals surface area contributed by atoms with Crippen LogP contribution in [0.5, 0.6) is 0 Å². The van der Waals surface area contributed by atoms with Crippen molar-refractivity contribution in [2.24, 2.45) is 0 Å². The number of rotatable bonds is 5. The first kappa shape index (κ1) is 10.7. The fourth-order valence-electron chi connectivity index (χ4n) is 1.21. The average molecular weight is 191 g/mol. The summed E-state index contributed by atoms with van der Waals surface area (Å²) in [7, 11) is 0. The molecule has 0 atom stereocenters. The fourth-order valence-corrected chi connectivity index (χ4v) is 1.21. The third-order valence-electron chi connectivity index (χ3n) is 1.93. The van der Waals surface area contributed by atoms with E-state index >= 15 is 0 Å². The van der Waals surface area contributed by atoms with Gasteiger partial charge in [0.15, 0.2) is 0 Å². The maximum atomic E-state index is 12.8. The molecule has 0 heterocycles. The maximum Gasteiger partial charge on any atom is 0.123 e.